The second-order valence-corrected chi connectivity index (χ2v) is 10.5. The first-order valence-corrected chi connectivity index (χ1v) is 13.2. The average Bonchev–Trinajstić information content (AvgIpc) is 2.89. The van der Waals surface area contributed by atoms with Crippen molar-refractivity contribution >= 4 is 5.91 Å². The molecule has 1 saturated heterocycles. The number of methoxy groups -OCH3 is 2. The van der Waals surface area contributed by atoms with Crippen molar-refractivity contribution in [3.05, 3.63) is 65.7 Å². The minimum absolute atomic E-state index is 0.0202. The van der Waals surface area contributed by atoms with Gasteiger partial charge in [-0.25, -0.2) is 0 Å². The van der Waals surface area contributed by atoms with E-state index in [9.17, 15) is 4.79 Å². The molecule has 1 heterocycles. The van der Waals surface area contributed by atoms with E-state index >= 15 is 0 Å². The highest BCUT2D eigenvalue weighted by molar-refractivity contribution is 5.76. The van der Waals surface area contributed by atoms with E-state index in [1.54, 1.807) is 7.11 Å². The maximum absolute atomic E-state index is 12.9. The fourth-order valence-corrected chi connectivity index (χ4v) is 6.39. The van der Waals surface area contributed by atoms with Crippen LogP contribution in [-0.4, -0.2) is 57.3 Å². The number of hydrogen-bond acceptors (Lipinski definition) is 4. The Kier molecular flexibility index (Phi) is 8.85. The Morgan fingerprint density at radius 1 is 1.09 bits per heavy atom. The van der Waals surface area contributed by atoms with E-state index in [1.165, 1.54) is 11.1 Å². The predicted molar refractivity (Wildman–Crippen MR) is 141 cm³/mol. The van der Waals surface area contributed by atoms with Crippen molar-refractivity contribution in [1.82, 2.24) is 10.2 Å². The Morgan fingerprint density at radius 2 is 1.91 bits per heavy atom. The minimum atomic E-state index is -0.0202. The Morgan fingerprint density at radius 3 is 2.69 bits per heavy atom. The fraction of sp³-hybridized carbons (Fsp3) is 0.567. The molecule has 5 heteroatoms. The lowest BCUT2D eigenvalue weighted by molar-refractivity contribution is -0.124. The molecule has 1 amide bonds. The van der Waals surface area contributed by atoms with Gasteiger partial charge in [-0.2, -0.15) is 0 Å². The lowest BCUT2D eigenvalue weighted by Crippen LogP contribution is -2.60. The molecule has 5 nitrogen and oxygen atoms in total. The van der Waals surface area contributed by atoms with Crippen LogP contribution in [0.15, 0.2) is 54.6 Å². The van der Waals surface area contributed by atoms with Gasteiger partial charge in [0.1, 0.15) is 5.75 Å². The van der Waals surface area contributed by atoms with E-state index in [2.05, 4.69) is 65.8 Å². The zero-order chi connectivity index (χ0) is 24.7. The molecular formula is C30H42N2O3. The zero-order valence-corrected chi connectivity index (χ0v) is 21.7. The molecule has 190 valence electrons. The van der Waals surface area contributed by atoms with Crippen molar-refractivity contribution in [2.45, 2.75) is 68.9 Å². The Labute approximate surface area is 211 Å². The summed E-state index contributed by atoms with van der Waals surface area (Å²) >= 11 is 0. The summed E-state index contributed by atoms with van der Waals surface area (Å²) in [6.45, 7) is 2.06. The second kappa shape index (κ2) is 12.0. The lowest BCUT2D eigenvalue weighted by Gasteiger charge is -2.55. The van der Waals surface area contributed by atoms with Crippen LogP contribution >= 0.6 is 0 Å². The van der Waals surface area contributed by atoms with Crippen LogP contribution in [0.4, 0.5) is 0 Å². The number of benzene rings is 2. The molecule has 0 radical (unpaired) electrons. The zero-order valence-electron chi connectivity index (χ0n) is 21.7. The number of piperidine rings is 1. The van der Waals surface area contributed by atoms with E-state index < -0.39 is 0 Å². The second-order valence-electron chi connectivity index (χ2n) is 10.5. The molecule has 1 N–H and O–H groups in total. The number of rotatable bonds is 10. The van der Waals surface area contributed by atoms with Gasteiger partial charge in [0.2, 0.25) is 5.91 Å². The van der Waals surface area contributed by atoms with Crippen LogP contribution in [0.1, 0.15) is 56.1 Å². The summed E-state index contributed by atoms with van der Waals surface area (Å²) in [5, 5.41) is 3.40. The summed E-state index contributed by atoms with van der Waals surface area (Å²) in [6.07, 6.45) is 7.84. The minimum Gasteiger partial charge on any atom is -0.497 e. The number of fused-ring (bicyclic) bond motifs is 1. The van der Waals surface area contributed by atoms with Crippen molar-refractivity contribution in [1.29, 1.82) is 0 Å². The topological polar surface area (TPSA) is 50.8 Å². The molecule has 4 rings (SSSR count). The van der Waals surface area contributed by atoms with Crippen LogP contribution in [0.25, 0.3) is 0 Å². The monoisotopic (exact) mass is 478 g/mol. The quantitative estimate of drug-likeness (QED) is 0.489. The van der Waals surface area contributed by atoms with E-state index in [4.69, 9.17) is 9.47 Å². The summed E-state index contributed by atoms with van der Waals surface area (Å²) in [5.41, 5.74) is 2.67. The first-order valence-electron chi connectivity index (χ1n) is 13.2. The van der Waals surface area contributed by atoms with E-state index in [0.29, 0.717) is 12.3 Å². The number of nitrogens with zero attached hydrogens (tertiary/aromatic N) is 1. The maximum Gasteiger partial charge on any atom is 0.220 e. The molecular weight excluding hydrogens is 436 g/mol. The average molecular weight is 479 g/mol. The third-order valence-corrected chi connectivity index (χ3v) is 8.26. The number of ether oxygens (including phenoxy) is 2. The standard InChI is InChI=1S/C30H42N2O3/c1-32-18-17-30(24-14-10-15-26(19-24)34-2)21-25(20-28(35-3)27(30)22-32)31-29(33)16-9-5-8-13-23-11-6-4-7-12-23/h4,6-7,10-12,14-15,19,25,27-28H,5,8-9,13,16-18,20-22H2,1-3H3,(H,31,33)/t25-,27-,28?,30-/m0/s1. The Bertz CT molecular complexity index is 950. The van der Waals surface area contributed by atoms with Gasteiger partial charge in [-0.15, -0.1) is 0 Å². The summed E-state index contributed by atoms with van der Waals surface area (Å²) in [4.78, 5) is 15.3. The van der Waals surface area contributed by atoms with Crippen LogP contribution in [0.5, 0.6) is 5.75 Å². The number of unbranched alkanes of at least 4 members (excludes halogenated alkanes) is 2. The molecule has 0 spiro atoms. The number of aryl methyl sites for hydroxylation is 1. The number of likely N-dealkylation sites (tertiary alicyclic amines) is 1. The normalized spacial score (nSPS) is 26.7. The van der Waals surface area contributed by atoms with Gasteiger partial charge in [-0.1, -0.05) is 48.9 Å². The molecule has 1 unspecified atom stereocenters. The van der Waals surface area contributed by atoms with Crippen molar-refractivity contribution in [3.8, 4) is 5.75 Å². The molecule has 2 aliphatic rings. The molecule has 2 aromatic rings. The first kappa shape index (κ1) is 25.7. The molecule has 35 heavy (non-hydrogen) atoms. The SMILES string of the molecule is COc1cccc([C@@]23CCN(C)C[C@H]2C(OC)C[C@H](NC(=O)CCCCCc2ccccc2)C3)c1. The van der Waals surface area contributed by atoms with Crippen LogP contribution in [0, 0.1) is 5.92 Å². The molecule has 2 fully saturated rings. The van der Waals surface area contributed by atoms with Gasteiger partial charge in [0.05, 0.1) is 13.2 Å². The highest BCUT2D eigenvalue weighted by Gasteiger charge is 2.52. The van der Waals surface area contributed by atoms with E-state index in [-0.39, 0.29) is 23.5 Å². The third-order valence-electron chi connectivity index (χ3n) is 8.26. The van der Waals surface area contributed by atoms with Crippen LogP contribution < -0.4 is 10.1 Å². The third kappa shape index (κ3) is 6.25. The summed E-state index contributed by atoms with van der Waals surface area (Å²) in [6, 6.07) is 19.3. The van der Waals surface area contributed by atoms with Gasteiger partial charge in [-0.05, 0) is 75.4 Å². The molecule has 1 aliphatic carbocycles. The maximum atomic E-state index is 12.9. The lowest BCUT2D eigenvalue weighted by atomic mass is 9.57. The molecule has 0 bridgehead atoms. The van der Waals surface area contributed by atoms with Gasteiger partial charge >= 0.3 is 0 Å². The fourth-order valence-electron chi connectivity index (χ4n) is 6.39. The number of nitrogens with one attached hydrogen (secondary N) is 1. The number of carbonyl (C=O) groups is 1. The smallest absolute Gasteiger partial charge is 0.220 e. The highest BCUT2D eigenvalue weighted by Crippen LogP contribution is 2.50. The van der Waals surface area contributed by atoms with Gasteiger partial charge in [-0.3, -0.25) is 4.79 Å². The highest BCUT2D eigenvalue weighted by atomic mass is 16.5. The summed E-state index contributed by atoms with van der Waals surface area (Å²) in [5.74, 6) is 1.46. The van der Waals surface area contributed by atoms with Gasteiger partial charge in [0.15, 0.2) is 0 Å². The van der Waals surface area contributed by atoms with Crippen molar-refractivity contribution in [2.75, 3.05) is 34.4 Å². The van der Waals surface area contributed by atoms with Crippen LogP contribution in [-0.2, 0) is 21.4 Å². The molecule has 0 aromatic heterocycles. The number of amides is 1. The predicted octanol–water partition coefficient (Wildman–Crippen LogP) is 4.98. The van der Waals surface area contributed by atoms with Crippen LogP contribution in [0.2, 0.25) is 0 Å². The van der Waals surface area contributed by atoms with Crippen molar-refractivity contribution < 1.29 is 14.3 Å². The van der Waals surface area contributed by atoms with E-state index in [0.717, 1.165) is 63.8 Å². The first-order chi connectivity index (χ1) is 17.0. The summed E-state index contributed by atoms with van der Waals surface area (Å²) < 4.78 is 11.6. The van der Waals surface area contributed by atoms with Crippen molar-refractivity contribution in [3.63, 3.8) is 0 Å². The Balaban J connectivity index is 1.39. The molecule has 4 atom stereocenters. The largest absolute Gasteiger partial charge is 0.497 e. The Hall–Kier alpha value is -2.37. The summed E-state index contributed by atoms with van der Waals surface area (Å²) in [7, 11) is 5.76. The van der Waals surface area contributed by atoms with Crippen LogP contribution in [0.3, 0.4) is 0 Å². The molecule has 1 aliphatic heterocycles. The van der Waals surface area contributed by atoms with E-state index in [1.807, 2.05) is 13.2 Å². The number of carbonyl (C=O) groups excluding carboxylic acids is 1. The van der Waals surface area contributed by atoms with Gasteiger partial charge in [0, 0.05) is 37.5 Å². The van der Waals surface area contributed by atoms with Gasteiger partial charge < -0.3 is 19.7 Å². The molecule has 1 saturated carbocycles. The van der Waals surface area contributed by atoms with Gasteiger partial charge in [0.25, 0.3) is 0 Å². The van der Waals surface area contributed by atoms with Crippen molar-refractivity contribution in [2.24, 2.45) is 5.92 Å². The molecule has 2 aromatic carbocycles. The number of hydrogen-bond donors (Lipinski definition) is 1.